The van der Waals surface area contributed by atoms with Crippen LogP contribution < -0.4 is 10.1 Å². The summed E-state index contributed by atoms with van der Waals surface area (Å²) in [6.45, 7) is 2.71. The van der Waals surface area contributed by atoms with Crippen LogP contribution in [0.5, 0.6) is 5.75 Å². The van der Waals surface area contributed by atoms with E-state index in [4.69, 9.17) is 16.3 Å². The molecule has 1 atom stereocenters. The van der Waals surface area contributed by atoms with Crippen molar-refractivity contribution in [2.45, 2.75) is 31.2 Å². The van der Waals surface area contributed by atoms with Crippen molar-refractivity contribution in [1.29, 1.82) is 0 Å². The molecule has 6 nitrogen and oxygen atoms in total. The molecule has 0 unspecified atom stereocenters. The normalized spacial score (nSPS) is 20.2. The Morgan fingerprint density at radius 1 is 1.24 bits per heavy atom. The Bertz CT molecular complexity index is 978. The van der Waals surface area contributed by atoms with Crippen LogP contribution in [0, 0.1) is 5.41 Å². The lowest BCUT2D eigenvalue weighted by Gasteiger charge is -2.38. The highest BCUT2D eigenvalue weighted by molar-refractivity contribution is 7.89. The summed E-state index contributed by atoms with van der Waals surface area (Å²) in [5, 5.41) is 3.42. The lowest BCUT2D eigenvalue weighted by Crippen LogP contribution is -2.51. The zero-order valence-corrected chi connectivity index (χ0v) is 18.1. The third kappa shape index (κ3) is 4.91. The maximum atomic E-state index is 13.0. The summed E-state index contributed by atoms with van der Waals surface area (Å²) >= 11 is 5.87. The van der Waals surface area contributed by atoms with Gasteiger partial charge in [0.1, 0.15) is 5.75 Å². The largest absolute Gasteiger partial charge is 0.497 e. The number of halogens is 1. The molecule has 2 aromatic carbocycles. The fourth-order valence-corrected chi connectivity index (χ4v) is 5.25. The van der Waals surface area contributed by atoms with Crippen LogP contribution >= 0.6 is 11.6 Å². The molecule has 1 amide bonds. The van der Waals surface area contributed by atoms with Gasteiger partial charge in [-0.1, -0.05) is 23.7 Å². The number of hydrogen-bond acceptors (Lipinski definition) is 4. The first-order valence-corrected chi connectivity index (χ1v) is 11.2. The number of methoxy groups -OCH3 is 1. The molecule has 1 aliphatic rings. The molecule has 0 radical (unpaired) electrons. The highest BCUT2D eigenvalue weighted by Crippen LogP contribution is 2.33. The molecule has 3 rings (SSSR count). The van der Waals surface area contributed by atoms with Crippen LogP contribution in [0.3, 0.4) is 0 Å². The summed E-state index contributed by atoms with van der Waals surface area (Å²) in [6.07, 6.45) is 1.25. The van der Waals surface area contributed by atoms with Gasteiger partial charge in [-0.05, 0) is 61.7 Å². The van der Waals surface area contributed by atoms with Crippen molar-refractivity contribution in [1.82, 2.24) is 9.62 Å². The average Bonchev–Trinajstić information content (AvgIpc) is 2.72. The van der Waals surface area contributed by atoms with Crippen LogP contribution in [0.4, 0.5) is 0 Å². The number of sulfonamides is 1. The molecule has 0 aliphatic carbocycles. The van der Waals surface area contributed by atoms with Crippen LogP contribution in [-0.4, -0.2) is 38.8 Å². The molecule has 1 fully saturated rings. The molecule has 0 saturated carbocycles. The number of hydrogen-bond donors (Lipinski definition) is 1. The minimum Gasteiger partial charge on any atom is -0.497 e. The van der Waals surface area contributed by atoms with Gasteiger partial charge in [0.25, 0.3) is 0 Å². The Morgan fingerprint density at radius 2 is 1.97 bits per heavy atom. The average molecular weight is 437 g/mol. The molecule has 2 aromatic rings. The zero-order valence-electron chi connectivity index (χ0n) is 16.5. The van der Waals surface area contributed by atoms with Crippen LogP contribution in [0.15, 0.2) is 53.4 Å². The van der Waals surface area contributed by atoms with Crippen molar-refractivity contribution >= 4 is 27.5 Å². The van der Waals surface area contributed by atoms with Gasteiger partial charge in [0.2, 0.25) is 15.9 Å². The van der Waals surface area contributed by atoms with Crippen molar-refractivity contribution in [2.75, 3.05) is 20.2 Å². The molecule has 156 valence electrons. The smallest absolute Gasteiger partial charge is 0.243 e. The summed E-state index contributed by atoms with van der Waals surface area (Å²) in [5.74, 6) is 0.567. The maximum Gasteiger partial charge on any atom is 0.243 e. The van der Waals surface area contributed by atoms with Crippen molar-refractivity contribution in [3.63, 3.8) is 0 Å². The van der Waals surface area contributed by atoms with E-state index in [0.717, 1.165) is 11.3 Å². The molecule has 1 aliphatic heterocycles. The van der Waals surface area contributed by atoms with E-state index < -0.39 is 15.4 Å². The number of carbonyl (C=O) groups is 1. The highest BCUT2D eigenvalue weighted by atomic mass is 35.5. The Morgan fingerprint density at radius 3 is 2.66 bits per heavy atom. The van der Waals surface area contributed by atoms with Gasteiger partial charge < -0.3 is 10.1 Å². The summed E-state index contributed by atoms with van der Waals surface area (Å²) in [6, 6.07) is 13.6. The molecule has 1 N–H and O–H groups in total. The number of nitrogens with one attached hydrogen (secondary N) is 1. The van der Waals surface area contributed by atoms with E-state index in [9.17, 15) is 13.2 Å². The van der Waals surface area contributed by atoms with E-state index >= 15 is 0 Å². The van der Waals surface area contributed by atoms with E-state index in [1.807, 2.05) is 31.2 Å². The molecular formula is C21H25ClN2O4S. The number of benzene rings is 2. The minimum absolute atomic E-state index is 0.141. The van der Waals surface area contributed by atoms with Crippen LogP contribution in [-0.2, 0) is 21.4 Å². The number of ether oxygens (including phenoxy) is 1. The van der Waals surface area contributed by atoms with E-state index in [0.29, 0.717) is 31.0 Å². The molecule has 29 heavy (non-hydrogen) atoms. The Labute approximate surface area is 176 Å². The second-order valence-corrected chi connectivity index (χ2v) is 9.87. The Hall–Kier alpha value is -2.09. The van der Waals surface area contributed by atoms with Crippen LogP contribution in [0.25, 0.3) is 0 Å². The van der Waals surface area contributed by atoms with Crippen molar-refractivity contribution in [2.24, 2.45) is 5.41 Å². The number of carbonyl (C=O) groups excluding carboxylic acids is 1. The monoisotopic (exact) mass is 436 g/mol. The fraction of sp³-hybridized carbons (Fsp3) is 0.381. The van der Waals surface area contributed by atoms with Crippen molar-refractivity contribution in [3.8, 4) is 5.75 Å². The maximum absolute atomic E-state index is 13.0. The first-order chi connectivity index (χ1) is 13.7. The van der Waals surface area contributed by atoms with E-state index in [-0.39, 0.29) is 17.3 Å². The lowest BCUT2D eigenvalue weighted by molar-refractivity contribution is -0.132. The van der Waals surface area contributed by atoms with Gasteiger partial charge in [0.05, 0.1) is 17.4 Å². The van der Waals surface area contributed by atoms with Gasteiger partial charge in [-0.3, -0.25) is 4.79 Å². The van der Waals surface area contributed by atoms with Gasteiger partial charge in [-0.15, -0.1) is 0 Å². The van der Waals surface area contributed by atoms with Crippen molar-refractivity contribution in [3.05, 3.63) is 59.1 Å². The lowest BCUT2D eigenvalue weighted by atomic mass is 9.82. The predicted octanol–water partition coefficient (Wildman–Crippen LogP) is 3.46. The molecule has 8 heteroatoms. The first-order valence-electron chi connectivity index (χ1n) is 9.41. The molecule has 0 aromatic heterocycles. The predicted molar refractivity (Wildman–Crippen MR) is 112 cm³/mol. The fourth-order valence-electron chi connectivity index (χ4n) is 3.52. The number of nitrogens with zero attached hydrogens (tertiary/aromatic N) is 1. The van der Waals surface area contributed by atoms with Gasteiger partial charge in [-0.2, -0.15) is 4.31 Å². The first kappa shape index (κ1) is 21.6. The van der Waals surface area contributed by atoms with Gasteiger partial charge in [-0.25, -0.2) is 8.42 Å². The van der Waals surface area contributed by atoms with E-state index in [2.05, 4.69) is 5.32 Å². The number of piperidine rings is 1. The topological polar surface area (TPSA) is 75.7 Å². The molecule has 1 saturated heterocycles. The third-order valence-corrected chi connectivity index (χ3v) is 7.36. The molecule has 1 heterocycles. The number of rotatable bonds is 6. The van der Waals surface area contributed by atoms with Gasteiger partial charge in [0, 0.05) is 24.7 Å². The Balaban J connectivity index is 1.70. The van der Waals surface area contributed by atoms with Crippen molar-refractivity contribution < 1.29 is 17.9 Å². The molecule has 0 bridgehead atoms. The minimum atomic E-state index is -3.68. The van der Waals surface area contributed by atoms with Gasteiger partial charge in [0.15, 0.2) is 0 Å². The number of amides is 1. The van der Waals surface area contributed by atoms with Crippen LogP contribution in [0.1, 0.15) is 25.3 Å². The van der Waals surface area contributed by atoms with E-state index in [1.54, 1.807) is 19.2 Å². The summed E-state index contributed by atoms with van der Waals surface area (Å²) < 4.78 is 32.6. The highest BCUT2D eigenvalue weighted by Gasteiger charge is 2.41. The SMILES string of the molecule is COc1cccc(CNC(=O)[C@@]2(C)CCCN(S(=O)(=O)c3ccc(Cl)cc3)C2)c1. The summed E-state index contributed by atoms with van der Waals surface area (Å²) in [7, 11) is -2.09. The Kier molecular flexibility index (Phi) is 6.51. The standard InChI is InChI=1S/C21H25ClN2O4S/c1-21(20(25)23-14-16-5-3-6-18(13-16)28-2)11-4-12-24(15-21)29(26,27)19-9-7-17(22)8-10-19/h3,5-10,13H,4,11-12,14-15H2,1-2H3,(H,23,25)/t21-/m0/s1. The second kappa shape index (κ2) is 8.73. The quantitative estimate of drug-likeness (QED) is 0.752. The van der Waals surface area contributed by atoms with Gasteiger partial charge >= 0.3 is 0 Å². The molecular weight excluding hydrogens is 412 g/mol. The zero-order chi connectivity index (χ0) is 21.1. The molecule has 0 spiro atoms. The summed E-state index contributed by atoms with van der Waals surface area (Å²) in [4.78, 5) is 13.1. The second-order valence-electron chi connectivity index (χ2n) is 7.49. The van der Waals surface area contributed by atoms with Crippen LogP contribution in [0.2, 0.25) is 5.02 Å². The van der Waals surface area contributed by atoms with E-state index in [1.165, 1.54) is 16.4 Å². The summed E-state index contributed by atoms with van der Waals surface area (Å²) in [5.41, 5.74) is 0.124. The third-order valence-electron chi connectivity index (χ3n) is 5.25.